The van der Waals surface area contributed by atoms with Gasteiger partial charge in [0.1, 0.15) is 0 Å². The van der Waals surface area contributed by atoms with E-state index in [2.05, 4.69) is 48.5 Å². The standard InChI is InChI=1S/C15H26BrNO/c1-10(15(2,3)4)7-14(18)17-12-5-6-13(17)9-11(16)8-12/h10-13H,5-9H2,1-4H3. The van der Waals surface area contributed by atoms with E-state index in [9.17, 15) is 4.79 Å². The van der Waals surface area contributed by atoms with Gasteiger partial charge in [-0.3, -0.25) is 4.79 Å². The second-order valence-electron chi connectivity index (χ2n) is 7.23. The molecule has 2 heterocycles. The van der Waals surface area contributed by atoms with Gasteiger partial charge in [-0.2, -0.15) is 0 Å². The summed E-state index contributed by atoms with van der Waals surface area (Å²) in [4.78, 5) is 15.4. The maximum atomic E-state index is 12.5. The average Bonchev–Trinajstić information content (AvgIpc) is 2.50. The number of hydrogen-bond acceptors (Lipinski definition) is 1. The van der Waals surface area contributed by atoms with Gasteiger partial charge in [-0.1, -0.05) is 43.6 Å². The molecule has 18 heavy (non-hydrogen) atoms. The molecule has 2 fully saturated rings. The summed E-state index contributed by atoms with van der Waals surface area (Å²) in [6, 6.07) is 1.01. The highest BCUT2D eigenvalue weighted by molar-refractivity contribution is 9.09. The van der Waals surface area contributed by atoms with Gasteiger partial charge in [-0.15, -0.1) is 0 Å². The van der Waals surface area contributed by atoms with Gasteiger partial charge >= 0.3 is 0 Å². The molecule has 104 valence electrons. The molecular weight excluding hydrogens is 290 g/mol. The molecule has 0 saturated carbocycles. The van der Waals surface area contributed by atoms with E-state index < -0.39 is 0 Å². The van der Waals surface area contributed by atoms with Gasteiger partial charge in [0, 0.05) is 23.3 Å². The normalized spacial score (nSPS) is 33.6. The third kappa shape index (κ3) is 2.92. The lowest BCUT2D eigenvalue weighted by atomic mass is 9.79. The number of carbonyl (C=O) groups is 1. The van der Waals surface area contributed by atoms with E-state index in [4.69, 9.17) is 0 Å². The summed E-state index contributed by atoms with van der Waals surface area (Å²) in [6.07, 6.45) is 5.42. The minimum absolute atomic E-state index is 0.225. The first-order valence-electron chi connectivity index (χ1n) is 7.24. The number of rotatable bonds is 2. The Morgan fingerprint density at radius 3 is 2.22 bits per heavy atom. The van der Waals surface area contributed by atoms with E-state index in [1.807, 2.05) is 0 Å². The van der Waals surface area contributed by atoms with Crippen LogP contribution in [0.2, 0.25) is 0 Å². The maximum Gasteiger partial charge on any atom is 0.223 e. The van der Waals surface area contributed by atoms with E-state index in [0.29, 0.717) is 35.2 Å². The zero-order valence-corrected chi connectivity index (χ0v) is 13.7. The Morgan fingerprint density at radius 1 is 1.28 bits per heavy atom. The summed E-state index contributed by atoms with van der Waals surface area (Å²) >= 11 is 3.73. The van der Waals surface area contributed by atoms with Crippen molar-refractivity contribution in [1.82, 2.24) is 4.90 Å². The van der Waals surface area contributed by atoms with Gasteiger partial charge in [-0.05, 0) is 37.0 Å². The number of halogens is 1. The lowest BCUT2D eigenvalue weighted by Crippen LogP contribution is -2.47. The minimum Gasteiger partial charge on any atom is -0.337 e. The van der Waals surface area contributed by atoms with Crippen LogP contribution in [0.1, 0.15) is 59.8 Å². The van der Waals surface area contributed by atoms with Crippen molar-refractivity contribution in [3.63, 3.8) is 0 Å². The van der Waals surface area contributed by atoms with E-state index in [1.54, 1.807) is 0 Å². The Kier molecular flexibility index (Phi) is 4.10. The second-order valence-corrected chi connectivity index (χ2v) is 8.52. The van der Waals surface area contributed by atoms with Crippen LogP contribution in [0.5, 0.6) is 0 Å². The van der Waals surface area contributed by atoms with Gasteiger partial charge in [0.25, 0.3) is 0 Å². The lowest BCUT2D eigenvalue weighted by Gasteiger charge is -2.39. The highest BCUT2D eigenvalue weighted by Gasteiger charge is 2.42. The van der Waals surface area contributed by atoms with Gasteiger partial charge in [0.05, 0.1) is 0 Å². The Bertz CT molecular complexity index is 309. The third-order valence-electron chi connectivity index (χ3n) is 4.92. The van der Waals surface area contributed by atoms with Gasteiger partial charge < -0.3 is 4.90 Å². The first kappa shape index (κ1) is 14.4. The molecule has 0 radical (unpaired) electrons. The van der Waals surface area contributed by atoms with Crippen LogP contribution >= 0.6 is 15.9 Å². The summed E-state index contributed by atoms with van der Waals surface area (Å²) in [5.74, 6) is 0.843. The molecule has 3 unspecified atom stereocenters. The second kappa shape index (κ2) is 5.15. The van der Waals surface area contributed by atoms with Crippen LogP contribution in [0, 0.1) is 11.3 Å². The van der Waals surface area contributed by atoms with Crippen molar-refractivity contribution in [2.75, 3.05) is 0 Å². The molecule has 2 aliphatic heterocycles. The monoisotopic (exact) mass is 315 g/mol. The van der Waals surface area contributed by atoms with Crippen molar-refractivity contribution in [3.05, 3.63) is 0 Å². The van der Waals surface area contributed by atoms with E-state index in [0.717, 1.165) is 12.8 Å². The number of alkyl halides is 1. The largest absolute Gasteiger partial charge is 0.337 e. The number of amides is 1. The van der Waals surface area contributed by atoms with Crippen LogP contribution in [0.3, 0.4) is 0 Å². The van der Waals surface area contributed by atoms with Gasteiger partial charge in [0.15, 0.2) is 0 Å². The molecule has 2 saturated heterocycles. The third-order valence-corrected chi connectivity index (χ3v) is 5.67. The fraction of sp³-hybridized carbons (Fsp3) is 0.933. The molecule has 2 bridgehead atoms. The highest BCUT2D eigenvalue weighted by Crippen LogP contribution is 2.40. The quantitative estimate of drug-likeness (QED) is 0.706. The molecule has 3 heteroatoms. The zero-order chi connectivity index (χ0) is 13.5. The van der Waals surface area contributed by atoms with E-state index >= 15 is 0 Å². The Hall–Kier alpha value is -0.0500. The summed E-state index contributed by atoms with van der Waals surface area (Å²) in [5, 5.41) is 0. The fourth-order valence-electron chi connectivity index (χ4n) is 3.19. The molecule has 0 spiro atoms. The van der Waals surface area contributed by atoms with Gasteiger partial charge in [-0.25, -0.2) is 0 Å². The van der Waals surface area contributed by atoms with Crippen molar-refractivity contribution >= 4 is 21.8 Å². The predicted molar refractivity (Wildman–Crippen MR) is 78.8 cm³/mol. The first-order valence-corrected chi connectivity index (χ1v) is 8.16. The van der Waals surface area contributed by atoms with Crippen molar-refractivity contribution in [2.45, 2.75) is 76.7 Å². The van der Waals surface area contributed by atoms with Crippen molar-refractivity contribution in [1.29, 1.82) is 0 Å². The number of fused-ring (bicyclic) bond motifs is 2. The number of hydrogen-bond donors (Lipinski definition) is 0. The Balaban J connectivity index is 1.98. The number of carbonyl (C=O) groups excluding carboxylic acids is 1. The molecule has 3 atom stereocenters. The van der Waals surface area contributed by atoms with Gasteiger partial charge in [0.2, 0.25) is 5.91 Å². The van der Waals surface area contributed by atoms with E-state index in [1.165, 1.54) is 12.8 Å². The summed E-state index contributed by atoms with van der Waals surface area (Å²) in [5.41, 5.74) is 0.225. The van der Waals surface area contributed by atoms with Crippen LogP contribution in [-0.4, -0.2) is 27.7 Å². The first-order chi connectivity index (χ1) is 8.29. The minimum atomic E-state index is 0.225. The lowest BCUT2D eigenvalue weighted by molar-refractivity contribution is -0.137. The SMILES string of the molecule is CC(CC(=O)N1C2CCC1CC(Br)C2)C(C)(C)C. The van der Waals surface area contributed by atoms with Crippen LogP contribution in [0.4, 0.5) is 0 Å². The van der Waals surface area contributed by atoms with Crippen LogP contribution in [0.25, 0.3) is 0 Å². The molecule has 0 aromatic rings. The Morgan fingerprint density at radius 2 is 1.78 bits per heavy atom. The molecule has 2 aliphatic rings. The summed E-state index contributed by atoms with van der Waals surface area (Å²) in [6.45, 7) is 8.88. The topological polar surface area (TPSA) is 20.3 Å². The van der Waals surface area contributed by atoms with E-state index in [-0.39, 0.29) is 5.41 Å². The average molecular weight is 316 g/mol. The Labute approximate surface area is 120 Å². The molecule has 2 nitrogen and oxygen atoms in total. The predicted octanol–water partition coefficient (Wildman–Crippen LogP) is 3.98. The fourth-order valence-corrected chi connectivity index (χ4v) is 4.05. The molecular formula is C15H26BrNO. The molecule has 1 amide bonds. The molecule has 0 N–H and O–H groups in total. The highest BCUT2D eigenvalue weighted by atomic mass is 79.9. The number of nitrogens with zero attached hydrogens (tertiary/aromatic N) is 1. The molecule has 0 aromatic heterocycles. The number of piperidine rings is 1. The zero-order valence-electron chi connectivity index (χ0n) is 12.1. The van der Waals surface area contributed by atoms with Crippen LogP contribution in [0.15, 0.2) is 0 Å². The summed E-state index contributed by atoms with van der Waals surface area (Å²) < 4.78 is 0. The van der Waals surface area contributed by atoms with Crippen LogP contribution in [-0.2, 0) is 4.79 Å². The summed E-state index contributed by atoms with van der Waals surface area (Å²) in [7, 11) is 0. The van der Waals surface area contributed by atoms with Crippen molar-refractivity contribution in [3.8, 4) is 0 Å². The maximum absolute atomic E-state index is 12.5. The molecule has 0 aromatic carbocycles. The van der Waals surface area contributed by atoms with Crippen LogP contribution < -0.4 is 0 Å². The van der Waals surface area contributed by atoms with Crippen molar-refractivity contribution in [2.24, 2.45) is 11.3 Å². The molecule has 2 rings (SSSR count). The smallest absolute Gasteiger partial charge is 0.223 e. The van der Waals surface area contributed by atoms with Crippen molar-refractivity contribution < 1.29 is 4.79 Å². The molecule has 0 aliphatic carbocycles.